The van der Waals surface area contributed by atoms with Gasteiger partial charge in [0.1, 0.15) is 0 Å². The molecule has 0 atom stereocenters. The second-order valence-electron chi connectivity index (χ2n) is 4.85. The van der Waals surface area contributed by atoms with Crippen molar-refractivity contribution >= 4 is 11.3 Å². The molecule has 0 radical (unpaired) electrons. The lowest BCUT2D eigenvalue weighted by molar-refractivity contribution is 0.266. The Labute approximate surface area is 116 Å². The van der Waals surface area contributed by atoms with Crippen LogP contribution in [0.3, 0.4) is 0 Å². The van der Waals surface area contributed by atoms with Gasteiger partial charge in [-0.15, -0.1) is 11.3 Å². The van der Waals surface area contributed by atoms with Crippen molar-refractivity contribution in [2.45, 2.75) is 19.9 Å². The van der Waals surface area contributed by atoms with Crippen LogP contribution in [-0.2, 0) is 6.54 Å². The van der Waals surface area contributed by atoms with Gasteiger partial charge in [-0.1, -0.05) is 13.0 Å². The van der Waals surface area contributed by atoms with Crippen LogP contribution < -0.4 is 5.32 Å². The van der Waals surface area contributed by atoms with E-state index in [-0.39, 0.29) is 0 Å². The van der Waals surface area contributed by atoms with Crippen LogP contribution in [0.2, 0.25) is 0 Å². The molecule has 0 saturated carbocycles. The van der Waals surface area contributed by atoms with Crippen molar-refractivity contribution in [2.24, 2.45) is 0 Å². The number of nitrogens with zero attached hydrogens (tertiary/aromatic N) is 2. The van der Waals surface area contributed by atoms with Gasteiger partial charge in [-0.3, -0.25) is 0 Å². The molecule has 18 heavy (non-hydrogen) atoms. The van der Waals surface area contributed by atoms with Crippen LogP contribution in [0.15, 0.2) is 17.5 Å². The molecule has 0 aromatic carbocycles. The topological polar surface area (TPSA) is 18.5 Å². The van der Waals surface area contributed by atoms with E-state index in [1.807, 2.05) is 11.3 Å². The summed E-state index contributed by atoms with van der Waals surface area (Å²) in [6, 6.07) is 4.30. The van der Waals surface area contributed by atoms with Gasteiger partial charge in [-0.2, -0.15) is 0 Å². The normalized spacial score (nSPS) is 11.6. The van der Waals surface area contributed by atoms with Crippen LogP contribution in [0.1, 0.15) is 18.2 Å². The van der Waals surface area contributed by atoms with Crippen LogP contribution in [0.25, 0.3) is 0 Å². The Morgan fingerprint density at radius 2 is 2.06 bits per heavy atom. The van der Waals surface area contributed by atoms with E-state index in [0.29, 0.717) is 0 Å². The first kappa shape index (κ1) is 15.6. The second kappa shape index (κ2) is 9.50. The molecule has 0 fully saturated rings. The number of likely N-dealkylation sites (N-methyl/N-ethyl adjacent to an activating group) is 1. The third-order valence-electron chi connectivity index (χ3n) is 3.01. The third kappa shape index (κ3) is 7.11. The standard InChI is InChI=1S/C14H27N3S/c1-4-17(10-6-9-16(2)3)11-8-15-13-14-7-5-12-18-14/h5,7,12,15H,4,6,8-11,13H2,1-3H3. The number of nitrogens with one attached hydrogen (secondary N) is 1. The van der Waals surface area contributed by atoms with Crippen LogP contribution in [0.5, 0.6) is 0 Å². The predicted molar refractivity (Wildman–Crippen MR) is 81.3 cm³/mol. The fourth-order valence-electron chi connectivity index (χ4n) is 1.90. The summed E-state index contributed by atoms with van der Waals surface area (Å²) in [6.45, 7) is 9.01. The van der Waals surface area contributed by atoms with Gasteiger partial charge in [-0.05, 0) is 51.6 Å². The molecule has 1 aromatic heterocycles. The Bertz CT molecular complexity index is 285. The highest BCUT2D eigenvalue weighted by atomic mass is 32.1. The molecule has 0 aliphatic rings. The Morgan fingerprint density at radius 1 is 1.22 bits per heavy atom. The average Bonchev–Trinajstić information content (AvgIpc) is 2.84. The maximum Gasteiger partial charge on any atom is 0.0300 e. The molecule has 0 amide bonds. The van der Waals surface area contributed by atoms with Crippen LogP contribution in [0.4, 0.5) is 0 Å². The molecular formula is C14H27N3S. The average molecular weight is 269 g/mol. The van der Waals surface area contributed by atoms with E-state index in [4.69, 9.17) is 0 Å². The highest BCUT2D eigenvalue weighted by Gasteiger charge is 2.02. The van der Waals surface area contributed by atoms with Crippen molar-refractivity contribution in [1.82, 2.24) is 15.1 Å². The van der Waals surface area contributed by atoms with E-state index in [9.17, 15) is 0 Å². The zero-order valence-corrected chi connectivity index (χ0v) is 12.8. The van der Waals surface area contributed by atoms with E-state index in [1.165, 1.54) is 24.4 Å². The fraction of sp³-hybridized carbons (Fsp3) is 0.714. The van der Waals surface area contributed by atoms with Gasteiger partial charge in [0.25, 0.3) is 0 Å². The Morgan fingerprint density at radius 3 is 2.67 bits per heavy atom. The van der Waals surface area contributed by atoms with Crippen molar-refractivity contribution < 1.29 is 0 Å². The zero-order chi connectivity index (χ0) is 13.2. The maximum absolute atomic E-state index is 3.51. The first-order valence-electron chi connectivity index (χ1n) is 6.82. The number of thiophene rings is 1. The van der Waals surface area contributed by atoms with Gasteiger partial charge in [0.2, 0.25) is 0 Å². The Hall–Kier alpha value is -0.420. The largest absolute Gasteiger partial charge is 0.311 e. The summed E-state index contributed by atoms with van der Waals surface area (Å²) >= 11 is 1.82. The minimum atomic E-state index is 1.01. The molecule has 104 valence electrons. The lowest BCUT2D eigenvalue weighted by Gasteiger charge is -2.21. The monoisotopic (exact) mass is 269 g/mol. The summed E-state index contributed by atoms with van der Waals surface area (Å²) in [4.78, 5) is 6.19. The van der Waals surface area contributed by atoms with E-state index < -0.39 is 0 Å². The minimum Gasteiger partial charge on any atom is -0.311 e. The van der Waals surface area contributed by atoms with Crippen LogP contribution in [-0.4, -0.2) is 56.6 Å². The van der Waals surface area contributed by atoms with Gasteiger partial charge in [-0.25, -0.2) is 0 Å². The van der Waals surface area contributed by atoms with E-state index in [1.54, 1.807) is 0 Å². The maximum atomic E-state index is 3.51. The van der Waals surface area contributed by atoms with Crippen LogP contribution >= 0.6 is 11.3 Å². The van der Waals surface area contributed by atoms with Crippen molar-refractivity contribution in [3.05, 3.63) is 22.4 Å². The quantitative estimate of drug-likeness (QED) is 0.656. The van der Waals surface area contributed by atoms with Crippen molar-refractivity contribution in [3.8, 4) is 0 Å². The highest BCUT2D eigenvalue weighted by Crippen LogP contribution is 2.06. The van der Waals surface area contributed by atoms with E-state index >= 15 is 0 Å². The number of rotatable bonds is 10. The molecule has 3 nitrogen and oxygen atoms in total. The summed E-state index contributed by atoms with van der Waals surface area (Å²) < 4.78 is 0. The number of hydrogen-bond donors (Lipinski definition) is 1. The fourth-order valence-corrected chi connectivity index (χ4v) is 2.57. The summed E-state index contributed by atoms with van der Waals surface area (Å²) in [5.74, 6) is 0. The molecule has 0 spiro atoms. The number of hydrogen-bond acceptors (Lipinski definition) is 4. The van der Waals surface area contributed by atoms with Gasteiger partial charge in [0.05, 0.1) is 0 Å². The molecule has 1 heterocycles. The second-order valence-corrected chi connectivity index (χ2v) is 5.88. The first-order valence-corrected chi connectivity index (χ1v) is 7.70. The smallest absolute Gasteiger partial charge is 0.0300 e. The van der Waals surface area contributed by atoms with Gasteiger partial charge >= 0.3 is 0 Å². The van der Waals surface area contributed by atoms with Crippen molar-refractivity contribution in [3.63, 3.8) is 0 Å². The van der Waals surface area contributed by atoms with Crippen LogP contribution in [0, 0.1) is 0 Å². The Kier molecular flexibility index (Phi) is 8.25. The zero-order valence-electron chi connectivity index (χ0n) is 12.0. The summed E-state index contributed by atoms with van der Waals surface area (Å²) in [5, 5.41) is 5.65. The van der Waals surface area contributed by atoms with Gasteiger partial charge in [0.15, 0.2) is 0 Å². The van der Waals surface area contributed by atoms with Gasteiger partial charge < -0.3 is 15.1 Å². The SMILES string of the molecule is CCN(CCCN(C)C)CCNCc1cccs1. The predicted octanol–water partition coefficient (Wildman–Crippen LogP) is 2.11. The lowest BCUT2D eigenvalue weighted by atomic mass is 10.3. The molecule has 4 heteroatoms. The van der Waals surface area contributed by atoms with Crippen molar-refractivity contribution in [1.29, 1.82) is 0 Å². The molecule has 0 aliphatic heterocycles. The molecule has 0 saturated heterocycles. The van der Waals surface area contributed by atoms with Crippen molar-refractivity contribution in [2.75, 3.05) is 46.8 Å². The summed E-state index contributed by atoms with van der Waals surface area (Å²) in [6.07, 6.45) is 1.26. The molecule has 1 aromatic rings. The molecule has 0 unspecified atom stereocenters. The molecule has 1 rings (SSSR count). The van der Waals surface area contributed by atoms with E-state index in [0.717, 1.165) is 26.2 Å². The minimum absolute atomic E-state index is 1.01. The molecule has 0 aliphatic carbocycles. The summed E-state index contributed by atoms with van der Waals surface area (Å²) in [7, 11) is 4.28. The van der Waals surface area contributed by atoms with Gasteiger partial charge in [0, 0.05) is 24.5 Å². The van der Waals surface area contributed by atoms with E-state index in [2.05, 4.69) is 53.6 Å². The first-order chi connectivity index (χ1) is 8.72. The molecule has 0 bridgehead atoms. The highest BCUT2D eigenvalue weighted by molar-refractivity contribution is 7.09. The molecular weight excluding hydrogens is 242 g/mol. The summed E-state index contributed by atoms with van der Waals surface area (Å²) in [5.41, 5.74) is 0. The lowest BCUT2D eigenvalue weighted by Crippen LogP contribution is -2.33. The third-order valence-corrected chi connectivity index (χ3v) is 3.89. The Balaban J connectivity index is 2.04. The molecule has 1 N–H and O–H groups in total.